The highest BCUT2D eigenvalue weighted by Gasteiger charge is 2.53. The lowest BCUT2D eigenvalue weighted by Gasteiger charge is -2.50. The van der Waals surface area contributed by atoms with Gasteiger partial charge in [0.25, 0.3) is 0 Å². The standard InChI is InChI=1S/C31H48O4/c32-21-13-15-23-25-14-12-20(16-29(25)35-31(33)27(23)17-21)18-8-10-19(11-9-18)22-5-3-6-26-24-4-1-2-7-28(24)34-30(22)26/h18-30,32H,1-17H2. The number of aliphatic hydroxyl groups is 1. The molecule has 5 aliphatic carbocycles. The van der Waals surface area contributed by atoms with Crippen molar-refractivity contribution in [2.24, 2.45) is 53.3 Å². The van der Waals surface area contributed by atoms with Crippen LogP contribution >= 0.6 is 0 Å². The molecule has 11 unspecified atom stereocenters. The van der Waals surface area contributed by atoms with Crippen LogP contribution in [0.25, 0.3) is 0 Å². The second kappa shape index (κ2) is 9.61. The minimum Gasteiger partial charge on any atom is -0.462 e. The highest BCUT2D eigenvalue weighted by Crippen LogP contribution is 2.54. The van der Waals surface area contributed by atoms with Gasteiger partial charge in [0.15, 0.2) is 0 Å². The van der Waals surface area contributed by atoms with Gasteiger partial charge in [0.1, 0.15) is 6.10 Å². The first-order valence-corrected chi connectivity index (χ1v) is 15.7. The van der Waals surface area contributed by atoms with E-state index in [-0.39, 0.29) is 24.1 Å². The minimum atomic E-state index is -0.301. The molecule has 1 N–H and O–H groups in total. The zero-order chi connectivity index (χ0) is 23.5. The molecule has 5 saturated carbocycles. The number of hydrogen-bond donors (Lipinski definition) is 1. The van der Waals surface area contributed by atoms with Crippen molar-refractivity contribution in [3.05, 3.63) is 0 Å². The van der Waals surface area contributed by atoms with Gasteiger partial charge in [-0.05, 0) is 137 Å². The normalized spacial score (nSPS) is 54.1. The fourth-order valence-corrected chi connectivity index (χ4v) is 10.9. The Kier molecular flexibility index (Phi) is 6.45. The number of rotatable bonds is 2. The molecule has 7 fully saturated rings. The zero-order valence-electron chi connectivity index (χ0n) is 21.7. The van der Waals surface area contributed by atoms with Crippen molar-refractivity contribution in [3.63, 3.8) is 0 Å². The Labute approximate surface area is 212 Å². The van der Waals surface area contributed by atoms with Gasteiger partial charge in [0, 0.05) is 0 Å². The number of carbonyl (C=O) groups is 1. The molecule has 2 aliphatic heterocycles. The van der Waals surface area contributed by atoms with E-state index in [4.69, 9.17) is 9.47 Å². The van der Waals surface area contributed by atoms with E-state index >= 15 is 0 Å². The molecule has 2 heterocycles. The third-order valence-electron chi connectivity index (χ3n) is 12.5. The molecule has 196 valence electrons. The summed E-state index contributed by atoms with van der Waals surface area (Å²) in [6.45, 7) is 0. The molecular formula is C31H48O4. The first kappa shape index (κ1) is 23.5. The molecule has 0 radical (unpaired) electrons. The van der Waals surface area contributed by atoms with E-state index in [9.17, 15) is 9.90 Å². The summed E-state index contributed by atoms with van der Waals surface area (Å²) in [5, 5.41) is 10.1. The van der Waals surface area contributed by atoms with Gasteiger partial charge in [-0.25, -0.2) is 0 Å². The van der Waals surface area contributed by atoms with E-state index in [0.717, 1.165) is 54.8 Å². The molecule has 0 spiro atoms. The third kappa shape index (κ3) is 4.21. The summed E-state index contributed by atoms with van der Waals surface area (Å²) in [6.07, 6.45) is 22.7. The fraction of sp³-hybridized carbons (Fsp3) is 0.968. The Morgan fingerprint density at radius 3 is 2.14 bits per heavy atom. The number of aliphatic hydroxyl groups excluding tert-OH is 1. The maximum Gasteiger partial charge on any atom is 0.309 e. The van der Waals surface area contributed by atoms with E-state index in [0.29, 0.717) is 30.5 Å². The summed E-state index contributed by atoms with van der Waals surface area (Å²) in [6, 6.07) is 0. The van der Waals surface area contributed by atoms with Crippen LogP contribution in [0.5, 0.6) is 0 Å². The van der Waals surface area contributed by atoms with Crippen molar-refractivity contribution < 1.29 is 19.4 Å². The summed E-state index contributed by atoms with van der Waals surface area (Å²) in [7, 11) is 0. The van der Waals surface area contributed by atoms with E-state index in [1.54, 1.807) is 0 Å². The zero-order valence-corrected chi connectivity index (χ0v) is 21.7. The smallest absolute Gasteiger partial charge is 0.309 e. The van der Waals surface area contributed by atoms with E-state index in [2.05, 4.69) is 0 Å². The highest BCUT2D eigenvalue weighted by molar-refractivity contribution is 5.74. The van der Waals surface area contributed by atoms with Crippen LogP contribution in [0.3, 0.4) is 0 Å². The lowest BCUT2D eigenvalue weighted by Crippen LogP contribution is -2.51. The molecule has 0 aromatic carbocycles. The van der Waals surface area contributed by atoms with Gasteiger partial charge in [-0.2, -0.15) is 0 Å². The lowest BCUT2D eigenvalue weighted by atomic mass is 9.59. The number of hydrogen-bond acceptors (Lipinski definition) is 4. The summed E-state index contributed by atoms with van der Waals surface area (Å²) in [4.78, 5) is 12.8. The van der Waals surface area contributed by atoms with Crippen LogP contribution in [0, 0.1) is 53.3 Å². The summed E-state index contributed by atoms with van der Waals surface area (Å²) < 4.78 is 12.9. The SMILES string of the molecule is O=C1OC2CC(C3CCC(C4CCCC5C6CCCCC6OC45)CC3)CCC2C2CCC(O)CC12. The van der Waals surface area contributed by atoms with Crippen LogP contribution in [0.2, 0.25) is 0 Å². The monoisotopic (exact) mass is 484 g/mol. The predicted octanol–water partition coefficient (Wildman–Crippen LogP) is 6.29. The van der Waals surface area contributed by atoms with Crippen molar-refractivity contribution in [1.29, 1.82) is 0 Å². The van der Waals surface area contributed by atoms with Gasteiger partial charge in [0.2, 0.25) is 0 Å². The second-order valence-electron chi connectivity index (χ2n) is 14.0. The largest absolute Gasteiger partial charge is 0.462 e. The average molecular weight is 485 g/mol. The van der Waals surface area contributed by atoms with Crippen LogP contribution in [-0.4, -0.2) is 35.5 Å². The number of carbonyl (C=O) groups excluding carboxylic acids is 1. The molecule has 0 amide bonds. The predicted molar refractivity (Wildman–Crippen MR) is 134 cm³/mol. The summed E-state index contributed by atoms with van der Waals surface area (Å²) in [5.74, 6) is 6.05. The quantitative estimate of drug-likeness (QED) is 0.468. The molecule has 0 aromatic rings. The van der Waals surface area contributed by atoms with Crippen molar-refractivity contribution in [3.8, 4) is 0 Å². The third-order valence-corrected chi connectivity index (χ3v) is 12.5. The average Bonchev–Trinajstić information content (AvgIpc) is 3.28. The molecule has 7 aliphatic rings. The first-order chi connectivity index (χ1) is 17.2. The lowest BCUT2D eigenvalue weighted by molar-refractivity contribution is -0.185. The number of fused-ring (bicyclic) bond motifs is 6. The van der Waals surface area contributed by atoms with Gasteiger partial charge in [-0.3, -0.25) is 4.79 Å². The van der Waals surface area contributed by atoms with Gasteiger partial charge in [-0.1, -0.05) is 19.3 Å². The molecule has 4 heteroatoms. The van der Waals surface area contributed by atoms with Crippen LogP contribution in [0.4, 0.5) is 0 Å². The van der Waals surface area contributed by atoms with Gasteiger partial charge < -0.3 is 14.6 Å². The first-order valence-electron chi connectivity index (χ1n) is 15.7. The maximum absolute atomic E-state index is 12.8. The van der Waals surface area contributed by atoms with E-state index in [1.807, 2.05) is 0 Å². The Balaban J connectivity index is 0.953. The molecule has 4 nitrogen and oxygen atoms in total. The van der Waals surface area contributed by atoms with E-state index in [1.165, 1.54) is 83.5 Å². The minimum absolute atomic E-state index is 0.00309. The molecule has 11 atom stereocenters. The van der Waals surface area contributed by atoms with E-state index < -0.39 is 0 Å². The highest BCUT2D eigenvalue weighted by atomic mass is 16.5. The number of esters is 1. The van der Waals surface area contributed by atoms with Gasteiger partial charge >= 0.3 is 5.97 Å². The van der Waals surface area contributed by atoms with Crippen LogP contribution in [-0.2, 0) is 14.3 Å². The van der Waals surface area contributed by atoms with Crippen LogP contribution < -0.4 is 0 Å². The van der Waals surface area contributed by atoms with Crippen LogP contribution in [0.15, 0.2) is 0 Å². The van der Waals surface area contributed by atoms with Gasteiger partial charge in [-0.15, -0.1) is 0 Å². The number of ether oxygens (including phenoxy) is 2. The maximum atomic E-state index is 12.8. The molecule has 0 bridgehead atoms. The molecular weight excluding hydrogens is 436 g/mol. The Hall–Kier alpha value is -0.610. The molecule has 2 saturated heterocycles. The van der Waals surface area contributed by atoms with Crippen molar-refractivity contribution in [2.75, 3.05) is 0 Å². The molecule has 0 aromatic heterocycles. The van der Waals surface area contributed by atoms with Crippen molar-refractivity contribution in [1.82, 2.24) is 0 Å². The molecule has 7 rings (SSSR count). The molecule has 35 heavy (non-hydrogen) atoms. The second-order valence-corrected chi connectivity index (χ2v) is 14.0. The van der Waals surface area contributed by atoms with Crippen molar-refractivity contribution >= 4 is 5.97 Å². The van der Waals surface area contributed by atoms with Gasteiger partial charge in [0.05, 0.1) is 24.2 Å². The summed E-state index contributed by atoms with van der Waals surface area (Å²) >= 11 is 0. The fourth-order valence-electron chi connectivity index (χ4n) is 10.9. The van der Waals surface area contributed by atoms with Crippen LogP contribution in [0.1, 0.15) is 109 Å². The topological polar surface area (TPSA) is 55.8 Å². The Bertz CT molecular complexity index is 774. The summed E-state index contributed by atoms with van der Waals surface area (Å²) in [5.41, 5.74) is 0. The Morgan fingerprint density at radius 2 is 1.26 bits per heavy atom. The Morgan fingerprint density at radius 1 is 0.571 bits per heavy atom. The van der Waals surface area contributed by atoms with Crippen molar-refractivity contribution in [2.45, 2.75) is 134 Å².